The number of epoxide rings is 1. The number of esters is 2. The monoisotopic (exact) mass is 991 g/mol. The lowest BCUT2D eigenvalue weighted by Crippen LogP contribution is -2.80. The molecule has 13 nitrogen and oxygen atoms in total. The van der Waals surface area contributed by atoms with Gasteiger partial charge in [0.15, 0.2) is 11.9 Å². The van der Waals surface area contributed by atoms with Crippen LogP contribution < -0.4 is 10.6 Å². The number of ketones is 1. The molecule has 5 N–H and O–H groups in total. The van der Waals surface area contributed by atoms with Crippen molar-refractivity contribution in [3.8, 4) is 0 Å². The number of allylic oxidation sites excluding steroid dienone is 1. The van der Waals surface area contributed by atoms with Gasteiger partial charge in [0.25, 0.3) is 0 Å². The standard InChI is InChI=1S/C59H78N2O11/c1-53(2)46-45(64)47(65)58(38-13-9-12-35(27-38)26-34-10-5-4-6-11-34)44(57(46)32-69-52(67)56(51(57)72-53)24-23-55(31-56)20-7-8-21-55)18-22-54(3)48(70-50(66)49-59(54,58)71-49)39-19-25-68-43(39)28-40(42(63)30-62)36-14-16-37(17-15-36)41-29-60-33-61-41/h4-6,10-11,14,16,19,25,35-38,40-42,44,46-49,51,60-63,65H,7-9,12-13,15,17-18,20-24,26-33H2,1-3H3. The average Bonchev–Trinajstić information content (AvgIpc) is 4.01. The first-order valence-corrected chi connectivity index (χ1v) is 28.1. The van der Waals surface area contributed by atoms with Gasteiger partial charge in [0.1, 0.15) is 30.2 Å². The third kappa shape index (κ3) is 6.52. The van der Waals surface area contributed by atoms with Crippen LogP contribution in [0.25, 0.3) is 0 Å². The number of Topliss-reactive ketones (excluding diaryl/α,β-unsaturated/α-hetero) is 1. The van der Waals surface area contributed by atoms with Crippen LogP contribution in [-0.4, -0.2) is 101 Å². The lowest BCUT2D eigenvalue weighted by molar-refractivity contribution is -0.286. The number of cyclic esters (lactones) is 2. The van der Waals surface area contributed by atoms with Gasteiger partial charge in [-0.15, -0.1) is 0 Å². The van der Waals surface area contributed by atoms with E-state index >= 15 is 9.59 Å². The molecule has 6 aliphatic carbocycles. The fourth-order valence-electron chi connectivity index (χ4n) is 19.9. The van der Waals surface area contributed by atoms with E-state index in [1.165, 1.54) is 5.56 Å². The summed E-state index contributed by atoms with van der Waals surface area (Å²) in [6.45, 7) is 7.48. The van der Waals surface area contributed by atoms with E-state index in [1.54, 1.807) is 6.26 Å². The van der Waals surface area contributed by atoms with Crippen LogP contribution in [0, 0.1) is 68.5 Å². The highest BCUT2D eigenvalue weighted by Crippen LogP contribution is 2.84. The van der Waals surface area contributed by atoms with E-state index in [9.17, 15) is 20.1 Å². The van der Waals surface area contributed by atoms with Gasteiger partial charge in [-0.3, -0.25) is 14.9 Å². The fourth-order valence-corrected chi connectivity index (χ4v) is 19.9. The summed E-state index contributed by atoms with van der Waals surface area (Å²) in [5.74, 6) is -1.52. The second kappa shape index (κ2) is 17.0. The Hall–Kier alpha value is -3.43. The van der Waals surface area contributed by atoms with E-state index < -0.39 is 87.8 Å². The van der Waals surface area contributed by atoms with Gasteiger partial charge in [-0.05, 0) is 138 Å². The third-order valence-electron chi connectivity index (χ3n) is 22.6. The maximum atomic E-state index is 16.2. The number of nitrogens with one attached hydrogen (secondary N) is 2. The second-order valence-electron chi connectivity index (χ2n) is 26.1. The van der Waals surface area contributed by atoms with Gasteiger partial charge in [-0.2, -0.15) is 0 Å². The molecule has 0 amide bonds. The number of aliphatic hydroxyl groups is 3. The number of hydrogen-bond acceptors (Lipinski definition) is 13. The van der Waals surface area contributed by atoms with E-state index in [4.69, 9.17) is 23.4 Å². The number of fused-ring (bicyclic) bond motifs is 2. The van der Waals surface area contributed by atoms with Crippen molar-refractivity contribution in [1.82, 2.24) is 10.6 Å². The molecule has 11 aliphatic rings. The summed E-state index contributed by atoms with van der Waals surface area (Å²) >= 11 is 0. The van der Waals surface area contributed by atoms with Gasteiger partial charge in [0, 0.05) is 53.4 Å². The highest BCUT2D eigenvalue weighted by atomic mass is 16.7. The number of carbonyl (C=O) groups is 3. The minimum absolute atomic E-state index is 0.0192. The number of hydrogen-bond donors (Lipinski definition) is 5. The Labute approximate surface area is 424 Å². The Morgan fingerprint density at radius 1 is 0.875 bits per heavy atom. The summed E-state index contributed by atoms with van der Waals surface area (Å²) in [5, 5.41) is 42.8. The van der Waals surface area contributed by atoms with Crippen molar-refractivity contribution in [1.29, 1.82) is 0 Å². The van der Waals surface area contributed by atoms with Crippen LogP contribution in [0.5, 0.6) is 0 Å². The Kier molecular flexibility index (Phi) is 11.4. The normalized spacial score (nSPS) is 46.2. The van der Waals surface area contributed by atoms with Crippen LogP contribution in [0.2, 0.25) is 0 Å². The predicted octanol–water partition coefficient (Wildman–Crippen LogP) is 7.09. The summed E-state index contributed by atoms with van der Waals surface area (Å²) in [6.07, 6.45) is 15.3. The molecule has 18 atom stereocenters. The molecule has 1 aromatic carbocycles. The molecule has 4 spiro atoms. The van der Waals surface area contributed by atoms with Crippen molar-refractivity contribution in [3.05, 3.63) is 71.7 Å². The molecule has 5 aliphatic heterocycles. The highest BCUT2D eigenvalue weighted by Gasteiger charge is 2.94. The molecule has 5 saturated heterocycles. The minimum Gasteiger partial charge on any atom is -0.469 e. The number of rotatable bonds is 10. The zero-order valence-electron chi connectivity index (χ0n) is 42.7. The average molecular weight is 991 g/mol. The van der Waals surface area contributed by atoms with Gasteiger partial charge < -0.3 is 44.0 Å². The zero-order valence-corrected chi connectivity index (χ0v) is 42.7. The van der Waals surface area contributed by atoms with Gasteiger partial charge in [-0.25, -0.2) is 4.79 Å². The summed E-state index contributed by atoms with van der Waals surface area (Å²) < 4.78 is 34.5. The van der Waals surface area contributed by atoms with Crippen LogP contribution in [0.4, 0.5) is 0 Å². The third-order valence-corrected chi connectivity index (χ3v) is 22.6. The van der Waals surface area contributed by atoms with Crippen molar-refractivity contribution in [2.24, 2.45) is 68.5 Å². The van der Waals surface area contributed by atoms with Crippen molar-refractivity contribution < 1.29 is 53.1 Å². The Balaban J connectivity index is 0.933. The smallest absolute Gasteiger partial charge is 0.339 e. The Morgan fingerprint density at radius 2 is 1.69 bits per heavy atom. The lowest BCUT2D eigenvalue weighted by atomic mass is 9.32. The number of carbonyl (C=O) groups excluding carboxylic acids is 3. The van der Waals surface area contributed by atoms with E-state index in [0.29, 0.717) is 55.4 Å². The molecule has 13 heteroatoms. The Bertz CT molecular complexity index is 2480. The highest BCUT2D eigenvalue weighted by molar-refractivity contribution is 5.93. The summed E-state index contributed by atoms with van der Waals surface area (Å²) in [5.41, 5.74) is -4.46. The molecule has 390 valence electrons. The van der Waals surface area contributed by atoms with Crippen LogP contribution in [0.1, 0.15) is 140 Å². The minimum atomic E-state index is -1.49. The van der Waals surface area contributed by atoms with Crippen LogP contribution in [-0.2, 0) is 46.2 Å². The van der Waals surface area contributed by atoms with E-state index in [0.717, 1.165) is 90.3 Å². The van der Waals surface area contributed by atoms with Gasteiger partial charge >= 0.3 is 11.9 Å². The quantitative estimate of drug-likeness (QED) is 0.0923. The van der Waals surface area contributed by atoms with E-state index in [1.807, 2.05) is 26.0 Å². The first-order chi connectivity index (χ1) is 34.7. The largest absolute Gasteiger partial charge is 0.469 e. The molecule has 1 aromatic heterocycles. The Morgan fingerprint density at radius 3 is 2.44 bits per heavy atom. The fraction of sp³-hybridized carbons (Fsp3) is 0.746. The topological polar surface area (TPSA) is 189 Å². The van der Waals surface area contributed by atoms with E-state index in [2.05, 4.69) is 54.0 Å². The van der Waals surface area contributed by atoms with Crippen molar-refractivity contribution >= 4 is 17.7 Å². The molecule has 2 aromatic rings. The molecule has 10 fully saturated rings. The molecular formula is C59H78N2O11. The zero-order chi connectivity index (χ0) is 49.6. The van der Waals surface area contributed by atoms with E-state index in [-0.39, 0.29) is 47.4 Å². The van der Waals surface area contributed by atoms with Gasteiger partial charge in [0.2, 0.25) is 0 Å². The van der Waals surface area contributed by atoms with Crippen LogP contribution in [0.15, 0.2) is 59.2 Å². The second-order valence-corrected chi connectivity index (χ2v) is 26.1. The summed E-state index contributed by atoms with van der Waals surface area (Å²) in [6, 6.07) is 12.8. The number of benzene rings is 1. The van der Waals surface area contributed by atoms with Gasteiger partial charge in [-0.1, -0.05) is 75.1 Å². The number of aliphatic hydroxyl groups excluding tert-OH is 3. The summed E-state index contributed by atoms with van der Waals surface area (Å²) in [7, 11) is 0. The first-order valence-electron chi connectivity index (χ1n) is 28.1. The summed E-state index contributed by atoms with van der Waals surface area (Å²) in [4.78, 5) is 46.1. The molecular weight excluding hydrogens is 913 g/mol. The van der Waals surface area contributed by atoms with Gasteiger partial charge in [0.05, 0.1) is 42.0 Å². The van der Waals surface area contributed by atoms with Crippen molar-refractivity contribution in [3.63, 3.8) is 0 Å². The number of ether oxygens (including phenoxy) is 4. The van der Waals surface area contributed by atoms with Crippen LogP contribution in [0.3, 0.4) is 0 Å². The molecule has 18 unspecified atom stereocenters. The molecule has 0 radical (unpaired) electrons. The lowest BCUT2D eigenvalue weighted by Gasteiger charge is -2.70. The molecule has 6 heterocycles. The SMILES string of the molecule is CC1(C)OC2C3(CCC4(CCCC4)C3)C(=O)OCC23C1C(=O)C(O)C1(C2CCCC(Cc4ccccc4)C2)C3CCC2(C)C(c3ccoc3CC(C(O)CO)C3C=CC(C4CNCN4)CC3)OC(=O)C3OC321. The van der Waals surface area contributed by atoms with Crippen LogP contribution >= 0.6 is 0 Å². The predicted molar refractivity (Wildman–Crippen MR) is 263 cm³/mol. The number of furan rings is 1. The molecule has 72 heavy (non-hydrogen) atoms. The maximum absolute atomic E-state index is 16.2. The molecule has 5 saturated carbocycles. The first kappa shape index (κ1) is 48.2. The van der Waals surface area contributed by atoms with Crippen molar-refractivity contribution in [2.75, 3.05) is 26.4 Å². The van der Waals surface area contributed by atoms with Crippen molar-refractivity contribution in [2.45, 2.75) is 178 Å². The molecule has 13 rings (SSSR count). The molecule has 0 bridgehead atoms. The maximum Gasteiger partial charge on any atom is 0.339 e.